The summed E-state index contributed by atoms with van der Waals surface area (Å²) < 4.78 is 9.54. The maximum absolute atomic E-state index is 5.90. The molecule has 0 amide bonds. The molecule has 0 aliphatic carbocycles. The minimum absolute atomic E-state index is 0.561. The molecule has 0 spiro atoms. The van der Waals surface area contributed by atoms with Crippen LogP contribution in [0.1, 0.15) is 5.82 Å². The number of fused-ring (bicyclic) bond motifs is 1. The van der Waals surface area contributed by atoms with Crippen molar-refractivity contribution in [3.05, 3.63) is 42.7 Å². The number of methoxy groups -OCH3 is 1. The van der Waals surface area contributed by atoms with Crippen molar-refractivity contribution in [3.63, 3.8) is 0 Å². The van der Waals surface area contributed by atoms with Gasteiger partial charge in [0.15, 0.2) is 0 Å². The van der Waals surface area contributed by atoms with E-state index in [1.54, 1.807) is 13.3 Å². The minimum Gasteiger partial charge on any atom is -0.497 e. The van der Waals surface area contributed by atoms with Crippen LogP contribution in [0, 0.1) is 0 Å². The van der Waals surface area contributed by atoms with Crippen molar-refractivity contribution >= 4 is 22.6 Å². The van der Waals surface area contributed by atoms with Crippen LogP contribution in [0.15, 0.2) is 36.9 Å². The molecule has 5 nitrogen and oxygen atoms in total. The van der Waals surface area contributed by atoms with E-state index in [9.17, 15) is 0 Å². The van der Waals surface area contributed by atoms with E-state index in [1.807, 2.05) is 30.7 Å². The number of halogens is 1. The molecule has 3 rings (SSSR count). The molecule has 0 atom stereocenters. The maximum Gasteiger partial charge on any atom is 0.121 e. The van der Waals surface area contributed by atoms with E-state index >= 15 is 0 Å². The summed E-state index contributed by atoms with van der Waals surface area (Å²) in [4.78, 5) is 8.75. The summed E-state index contributed by atoms with van der Waals surface area (Å²) in [6, 6.07) is 5.97. The van der Waals surface area contributed by atoms with Crippen molar-refractivity contribution < 1.29 is 4.74 Å². The minimum atomic E-state index is 0.561. The van der Waals surface area contributed by atoms with E-state index in [2.05, 4.69) is 19.1 Å². The molecule has 21 heavy (non-hydrogen) atoms. The molecule has 1 aromatic carbocycles. The monoisotopic (exact) mass is 304 g/mol. The van der Waals surface area contributed by atoms with Crippen LogP contribution in [-0.4, -0.2) is 32.1 Å². The van der Waals surface area contributed by atoms with E-state index < -0.39 is 0 Å². The molecule has 0 N–H and O–H groups in total. The zero-order valence-electron chi connectivity index (χ0n) is 11.9. The van der Waals surface area contributed by atoms with Crippen LogP contribution < -0.4 is 4.74 Å². The Morgan fingerprint density at radius 3 is 2.90 bits per heavy atom. The Morgan fingerprint density at radius 2 is 2.19 bits per heavy atom. The van der Waals surface area contributed by atoms with Gasteiger partial charge in [-0.05, 0) is 12.1 Å². The highest BCUT2D eigenvalue weighted by atomic mass is 35.5. The van der Waals surface area contributed by atoms with Crippen LogP contribution >= 0.6 is 11.6 Å². The van der Waals surface area contributed by atoms with E-state index in [0.717, 1.165) is 42.1 Å². The fourth-order valence-corrected chi connectivity index (χ4v) is 2.61. The Bertz CT molecular complexity index is 721. The maximum atomic E-state index is 5.90. The smallest absolute Gasteiger partial charge is 0.121 e. The van der Waals surface area contributed by atoms with Gasteiger partial charge in [0.05, 0.1) is 24.5 Å². The zero-order valence-corrected chi connectivity index (χ0v) is 12.6. The third-order valence-corrected chi connectivity index (χ3v) is 3.68. The number of benzene rings is 1. The van der Waals surface area contributed by atoms with Gasteiger partial charge < -0.3 is 13.9 Å². The normalized spacial score (nSPS) is 11.1. The molecule has 0 aliphatic heterocycles. The molecular formula is C15H17ClN4O. The predicted molar refractivity (Wildman–Crippen MR) is 82.9 cm³/mol. The summed E-state index contributed by atoms with van der Waals surface area (Å²) in [7, 11) is 1.66. The molecule has 0 saturated carbocycles. The zero-order chi connectivity index (χ0) is 14.7. The Labute approximate surface area is 128 Å². The second-order valence-corrected chi connectivity index (χ2v) is 5.15. The van der Waals surface area contributed by atoms with Crippen molar-refractivity contribution in [3.8, 4) is 5.75 Å². The number of imidazole rings is 2. The van der Waals surface area contributed by atoms with Crippen LogP contribution in [0.3, 0.4) is 0 Å². The number of aromatic nitrogens is 4. The predicted octanol–water partition coefficient (Wildman–Crippen LogP) is 2.72. The molecule has 0 fully saturated rings. The summed E-state index contributed by atoms with van der Waals surface area (Å²) in [5, 5.41) is 0. The SMILES string of the molecule is COc1ccc2c(c1)nc(CCCl)n2CCn1ccnc1. The van der Waals surface area contributed by atoms with Crippen molar-refractivity contribution in [2.75, 3.05) is 13.0 Å². The lowest BCUT2D eigenvalue weighted by Gasteiger charge is -2.09. The van der Waals surface area contributed by atoms with Gasteiger partial charge >= 0.3 is 0 Å². The highest BCUT2D eigenvalue weighted by molar-refractivity contribution is 6.17. The first-order valence-corrected chi connectivity index (χ1v) is 7.40. The Balaban J connectivity index is 1.95. The first-order chi connectivity index (χ1) is 10.3. The lowest BCUT2D eigenvalue weighted by atomic mass is 10.3. The fourth-order valence-electron chi connectivity index (χ4n) is 2.45. The molecule has 0 unspecified atom stereocenters. The number of nitrogens with zero attached hydrogens (tertiary/aromatic N) is 4. The second kappa shape index (κ2) is 6.18. The average Bonchev–Trinajstić information content (AvgIpc) is 3.12. The number of rotatable bonds is 6. The van der Waals surface area contributed by atoms with Gasteiger partial charge in [-0.15, -0.1) is 11.6 Å². The number of hydrogen-bond acceptors (Lipinski definition) is 3. The van der Waals surface area contributed by atoms with Gasteiger partial charge in [0.1, 0.15) is 11.6 Å². The number of ether oxygens (including phenoxy) is 1. The highest BCUT2D eigenvalue weighted by Crippen LogP contribution is 2.22. The first kappa shape index (κ1) is 13.9. The molecule has 2 aromatic heterocycles. The van der Waals surface area contributed by atoms with E-state index in [1.165, 1.54) is 0 Å². The molecule has 0 saturated heterocycles. The lowest BCUT2D eigenvalue weighted by Crippen LogP contribution is -2.09. The summed E-state index contributed by atoms with van der Waals surface area (Å²) in [6.45, 7) is 1.69. The third-order valence-electron chi connectivity index (χ3n) is 3.49. The van der Waals surface area contributed by atoms with Crippen LogP contribution in [-0.2, 0) is 19.5 Å². The van der Waals surface area contributed by atoms with E-state index in [4.69, 9.17) is 16.3 Å². The van der Waals surface area contributed by atoms with Gasteiger partial charge in [-0.2, -0.15) is 0 Å². The van der Waals surface area contributed by atoms with Gasteiger partial charge in [-0.1, -0.05) is 0 Å². The van der Waals surface area contributed by atoms with Crippen molar-refractivity contribution in [1.29, 1.82) is 0 Å². The quantitative estimate of drug-likeness (QED) is 0.658. The Kier molecular flexibility index (Phi) is 4.10. The lowest BCUT2D eigenvalue weighted by molar-refractivity contribution is 0.415. The summed E-state index contributed by atoms with van der Waals surface area (Å²) >= 11 is 5.90. The van der Waals surface area contributed by atoms with Gasteiger partial charge in [0.25, 0.3) is 0 Å². The van der Waals surface area contributed by atoms with Crippen LogP contribution in [0.5, 0.6) is 5.75 Å². The fraction of sp³-hybridized carbons (Fsp3) is 0.333. The number of aryl methyl sites for hydroxylation is 3. The summed E-state index contributed by atoms with van der Waals surface area (Å²) in [6.07, 6.45) is 6.33. The van der Waals surface area contributed by atoms with Gasteiger partial charge in [0.2, 0.25) is 0 Å². The first-order valence-electron chi connectivity index (χ1n) is 6.86. The Hall–Kier alpha value is -2.01. The number of alkyl halides is 1. The van der Waals surface area contributed by atoms with Crippen molar-refractivity contribution in [1.82, 2.24) is 19.1 Å². The molecule has 0 radical (unpaired) electrons. The third kappa shape index (κ3) is 2.88. The topological polar surface area (TPSA) is 44.9 Å². The molecular weight excluding hydrogens is 288 g/mol. The van der Waals surface area contributed by atoms with E-state index in [-0.39, 0.29) is 0 Å². The van der Waals surface area contributed by atoms with Crippen LogP contribution in [0.25, 0.3) is 11.0 Å². The molecule has 2 heterocycles. The van der Waals surface area contributed by atoms with E-state index in [0.29, 0.717) is 5.88 Å². The van der Waals surface area contributed by atoms with Gasteiger partial charge in [-0.25, -0.2) is 9.97 Å². The van der Waals surface area contributed by atoms with Crippen molar-refractivity contribution in [2.45, 2.75) is 19.5 Å². The van der Waals surface area contributed by atoms with Crippen molar-refractivity contribution in [2.24, 2.45) is 0 Å². The standard InChI is InChI=1S/C15H17ClN4O/c1-21-12-2-3-14-13(10-12)18-15(4-5-16)20(14)9-8-19-7-6-17-11-19/h2-3,6-7,10-11H,4-5,8-9H2,1H3. The molecule has 0 aliphatic rings. The second-order valence-electron chi connectivity index (χ2n) is 4.77. The highest BCUT2D eigenvalue weighted by Gasteiger charge is 2.11. The summed E-state index contributed by atoms with van der Waals surface area (Å²) in [5.74, 6) is 2.39. The number of hydrogen-bond donors (Lipinski definition) is 0. The summed E-state index contributed by atoms with van der Waals surface area (Å²) in [5.41, 5.74) is 2.05. The van der Waals surface area contributed by atoms with Crippen LogP contribution in [0.4, 0.5) is 0 Å². The van der Waals surface area contributed by atoms with Gasteiger partial charge in [-0.3, -0.25) is 0 Å². The molecule has 6 heteroatoms. The Morgan fingerprint density at radius 1 is 1.29 bits per heavy atom. The molecule has 110 valence electrons. The molecule has 0 bridgehead atoms. The van der Waals surface area contributed by atoms with Crippen LogP contribution in [0.2, 0.25) is 0 Å². The van der Waals surface area contributed by atoms with Gasteiger partial charge in [0, 0.05) is 43.9 Å². The average molecular weight is 305 g/mol. The molecule has 3 aromatic rings. The largest absolute Gasteiger partial charge is 0.497 e.